The molecule has 0 saturated carbocycles. The second-order valence-electron chi connectivity index (χ2n) is 3.16. The molecule has 0 aliphatic rings. The molecule has 1 heterocycles. The molecule has 1 amide bonds. The fourth-order valence-corrected chi connectivity index (χ4v) is 1.31. The number of nitrogens with one attached hydrogen (secondary N) is 1. The van der Waals surface area contributed by atoms with Crippen molar-refractivity contribution in [1.82, 2.24) is 9.78 Å². The molecule has 0 aliphatic heterocycles. The van der Waals surface area contributed by atoms with Crippen molar-refractivity contribution < 1.29 is 4.79 Å². The Morgan fingerprint density at radius 3 is 2.60 bits per heavy atom. The first-order valence-electron chi connectivity index (χ1n) is 4.62. The molecule has 76 valence electrons. The zero-order valence-corrected chi connectivity index (χ0v) is 8.34. The van der Waals surface area contributed by atoms with Crippen molar-refractivity contribution in [3.8, 4) is 0 Å². The Balaban J connectivity index is 2.15. The molecule has 4 heteroatoms. The standard InChI is InChI=1S/C11H11N3O/c1-14-10(7-8-12-14)11(15)13-9-5-3-2-4-6-9/h2-8H,1H3,(H,13,15). The molecule has 0 aliphatic carbocycles. The Morgan fingerprint density at radius 1 is 1.27 bits per heavy atom. The highest BCUT2D eigenvalue weighted by Crippen LogP contribution is 2.07. The Bertz CT molecular complexity index is 462. The highest BCUT2D eigenvalue weighted by molar-refractivity contribution is 6.02. The van der Waals surface area contributed by atoms with Gasteiger partial charge in [0, 0.05) is 18.9 Å². The van der Waals surface area contributed by atoms with Crippen molar-refractivity contribution in [2.75, 3.05) is 5.32 Å². The van der Waals surface area contributed by atoms with Crippen molar-refractivity contribution >= 4 is 11.6 Å². The van der Waals surface area contributed by atoms with Crippen LogP contribution in [0.4, 0.5) is 5.69 Å². The summed E-state index contributed by atoms with van der Waals surface area (Å²) in [6, 6.07) is 11.0. The predicted molar refractivity (Wildman–Crippen MR) is 57.6 cm³/mol. The van der Waals surface area contributed by atoms with Gasteiger partial charge in [-0.05, 0) is 18.2 Å². The third-order valence-electron chi connectivity index (χ3n) is 2.09. The number of hydrogen-bond donors (Lipinski definition) is 1. The van der Waals surface area contributed by atoms with Gasteiger partial charge in [0.2, 0.25) is 0 Å². The average molecular weight is 201 g/mol. The first kappa shape index (κ1) is 9.45. The summed E-state index contributed by atoms with van der Waals surface area (Å²) in [6.45, 7) is 0. The molecule has 1 aromatic heterocycles. The van der Waals surface area contributed by atoms with E-state index in [1.54, 1.807) is 19.3 Å². The second kappa shape index (κ2) is 3.96. The smallest absolute Gasteiger partial charge is 0.273 e. The number of aromatic nitrogens is 2. The summed E-state index contributed by atoms with van der Waals surface area (Å²) in [6.07, 6.45) is 1.60. The molecular formula is C11H11N3O. The summed E-state index contributed by atoms with van der Waals surface area (Å²) in [5.74, 6) is -0.152. The van der Waals surface area contributed by atoms with E-state index in [0.717, 1.165) is 5.69 Å². The van der Waals surface area contributed by atoms with Crippen molar-refractivity contribution in [3.63, 3.8) is 0 Å². The van der Waals surface area contributed by atoms with Crippen LogP contribution in [0.2, 0.25) is 0 Å². The van der Waals surface area contributed by atoms with Gasteiger partial charge in [-0.15, -0.1) is 0 Å². The van der Waals surface area contributed by atoms with Crippen LogP contribution in [0.25, 0.3) is 0 Å². The largest absolute Gasteiger partial charge is 0.321 e. The van der Waals surface area contributed by atoms with E-state index in [1.165, 1.54) is 4.68 Å². The zero-order valence-electron chi connectivity index (χ0n) is 8.34. The molecule has 15 heavy (non-hydrogen) atoms. The van der Waals surface area contributed by atoms with Gasteiger partial charge in [0.25, 0.3) is 5.91 Å². The van der Waals surface area contributed by atoms with E-state index in [2.05, 4.69) is 10.4 Å². The van der Waals surface area contributed by atoms with E-state index >= 15 is 0 Å². The molecule has 0 saturated heterocycles. The molecular weight excluding hydrogens is 190 g/mol. The first-order valence-corrected chi connectivity index (χ1v) is 4.62. The van der Waals surface area contributed by atoms with Gasteiger partial charge < -0.3 is 5.32 Å². The minimum Gasteiger partial charge on any atom is -0.321 e. The maximum Gasteiger partial charge on any atom is 0.273 e. The van der Waals surface area contributed by atoms with Gasteiger partial charge in [-0.2, -0.15) is 5.10 Å². The molecule has 0 bridgehead atoms. The molecule has 4 nitrogen and oxygen atoms in total. The van der Waals surface area contributed by atoms with E-state index in [4.69, 9.17) is 0 Å². The monoisotopic (exact) mass is 201 g/mol. The van der Waals surface area contributed by atoms with E-state index in [0.29, 0.717) is 5.69 Å². The zero-order chi connectivity index (χ0) is 10.7. The van der Waals surface area contributed by atoms with Crippen LogP contribution in [-0.2, 0) is 7.05 Å². The van der Waals surface area contributed by atoms with E-state index in [1.807, 2.05) is 30.3 Å². The Hall–Kier alpha value is -2.10. The number of amides is 1. The highest BCUT2D eigenvalue weighted by Gasteiger charge is 2.08. The molecule has 0 unspecified atom stereocenters. The van der Waals surface area contributed by atoms with Crippen LogP contribution in [0.1, 0.15) is 10.5 Å². The maximum atomic E-state index is 11.7. The number of carbonyl (C=O) groups is 1. The molecule has 2 rings (SSSR count). The Morgan fingerprint density at radius 2 is 2.00 bits per heavy atom. The first-order chi connectivity index (χ1) is 7.27. The molecule has 1 N–H and O–H groups in total. The normalized spacial score (nSPS) is 9.93. The fraction of sp³-hybridized carbons (Fsp3) is 0.0909. The predicted octanol–water partition coefficient (Wildman–Crippen LogP) is 1.67. The number of benzene rings is 1. The molecule has 0 fully saturated rings. The van der Waals surface area contributed by atoms with E-state index in [9.17, 15) is 4.79 Å². The van der Waals surface area contributed by atoms with Crippen LogP contribution in [0.3, 0.4) is 0 Å². The number of aryl methyl sites for hydroxylation is 1. The lowest BCUT2D eigenvalue weighted by atomic mass is 10.3. The number of anilines is 1. The van der Waals surface area contributed by atoms with Gasteiger partial charge >= 0.3 is 0 Å². The van der Waals surface area contributed by atoms with Crippen molar-refractivity contribution in [2.24, 2.45) is 7.05 Å². The minimum atomic E-state index is -0.152. The van der Waals surface area contributed by atoms with Crippen LogP contribution in [-0.4, -0.2) is 15.7 Å². The fourth-order valence-electron chi connectivity index (χ4n) is 1.31. The quantitative estimate of drug-likeness (QED) is 0.803. The van der Waals surface area contributed by atoms with Crippen LogP contribution >= 0.6 is 0 Å². The third kappa shape index (κ3) is 2.04. The van der Waals surface area contributed by atoms with Crippen molar-refractivity contribution in [3.05, 3.63) is 48.3 Å². The minimum absolute atomic E-state index is 0.152. The van der Waals surface area contributed by atoms with Gasteiger partial charge in [0.15, 0.2) is 0 Å². The molecule has 0 spiro atoms. The van der Waals surface area contributed by atoms with Crippen LogP contribution < -0.4 is 5.32 Å². The lowest BCUT2D eigenvalue weighted by Gasteiger charge is -2.04. The van der Waals surface area contributed by atoms with E-state index in [-0.39, 0.29) is 5.91 Å². The number of nitrogens with zero attached hydrogens (tertiary/aromatic N) is 2. The lowest BCUT2D eigenvalue weighted by Crippen LogP contribution is -2.15. The lowest BCUT2D eigenvalue weighted by molar-refractivity contribution is 0.101. The summed E-state index contributed by atoms with van der Waals surface area (Å²) >= 11 is 0. The highest BCUT2D eigenvalue weighted by atomic mass is 16.2. The molecule has 0 radical (unpaired) electrons. The summed E-state index contributed by atoms with van der Waals surface area (Å²) in [5.41, 5.74) is 1.32. The SMILES string of the molecule is Cn1nccc1C(=O)Nc1ccccc1. The Kier molecular flexibility index (Phi) is 2.49. The number of carbonyl (C=O) groups excluding carboxylic acids is 1. The summed E-state index contributed by atoms with van der Waals surface area (Å²) in [4.78, 5) is 11.7. The van der Waals surface area contributed by atoms with E-state index < -0.39 is 0 Å². The molecule has 2 aromatic rings. The van der Waals surface area contributed by atoms with Gasteiger partial charge in [0.1, 0.15) is 5.69 Å². The van der Waals surface area contributed by atoms with Crippen molar-refractivity contribution in [2.45, 2.75) is 0 Å². The summed E-state index contributed by atoms with van der Waals surface area (Å²) in [5, 5.41) is 6.72. The van der Waals surface area contributed by atoms with Gasteiger partial charge in [-0.3, -0.25) is 9.48 Å². The summed E-state index contributed by atoms with van der Waals surface area (Å²) in [7, 11) is 1.74. The number of hydrogen-bond acceptors (Lipinski definition) is 2. The van der Waals surface area contributed by atoms with Gasteiger partial charge in [-0.25, -0.2) is 0 Å². The molecule has 1 aromatic carbocycles. The third-order valence-corrected chi connectivity index (χ3v) is 2.09. The van der Waals surface area contributed by atoms with Gasteiger partial charge in [-0.1, -0.05) is 18.2 Å². The number of rotatable bonds is 2. The van der Waals surface area contributed by atoms with Crippen molar-refractivity contribution in [1.29, 1.82) is 0 Å². The van der Waals surface area contributed by atoms with Crippen LogP contribution in [0.5, 0.6) is 0 Å². The number of para-hydroxylation sites is 1. The Labute approximate surface area is 87.5 Å². The topological polar surface area (TPSA) is 46.9 Å². The second-order valence-corrected chi connectivity index (χ2v) is 3.16. The maximum absolute atomic E-state index is 11.7. The summed E-state index contributed by atoms with van der Waals surface area (Å²) < 4.78 is 1.54. The van der Waals surface area contributed by atoms with Crippen LogP contribution in [0, 0.1) is 0 Å². The van der Waals surface area contributed by atoms with Crippen LogP contribution in [0.15, 0.2) is 42.6 Å². The van der Waals surface area contributed by atoms with Gasteiger partial charge in [0.05, 0.1) is 0 Å². The molecule has 0 atom stereocenters. The average Bonchev–Trinajstić information content (AvgIpc) is 2.66.